The molecule has 1 aliphatic carbocycles. The molecule has 12 heavy (non-hydrogen) atoms. The van der Waals surface area contributed by atoms with E-state index in [2.05, 4.69) is 26.8 Å². The van der Waals surface area contributed by atoms with Gasteiger partial charge < -0.3 is 5.11 Å². The van der Waals surface area contributed by atoms with Gasteiger partial charge >= 0.3 is 0 Å². The van der Waals surface area contributed by atoms with Crippen LogP contribution in [0.2, 0.25) is 0 Å². The van der Waals surface area contributed by atoms with Crippen molar-refractivity contribution in [2.24, 2.45) is 17.8 Å². The Morgan fingerprint density at radius 1 is 1.58 bits per heavy atom. The number of aliphatic hydroxyl groups excluding tert-OH is 1. The summed E-state index contributed by atoms with van der Waals surface area (Å²) in [5.74, 6) is 1.80. The summed E-state index contributed by atoms with van der Waals surface area (Å²) in [5.41, 5.74) is 1.47. The highest BCUT2D eigenvalue weighted by molar-refractivity contribution is 5.13. The van der Waals surface area contributed by atoms with Gasteiger partial charge in [-0.2, -0.15) is 0 Å². The largest absolute Gasteiger partial charge is 0.396 e. The van der Waals surface area contributed by atoms with Crippen molar-refractivity contribution >= 4 is 0 Å². The van der Waals surface area contributed by atoms with Gasteiger partial charge in [-0.05, 0) is 24.7 Å². The fourth-order valence-corrected chi connectivity index (χ4v) is 2.11. The highest BCUT2D eigenvalue weighted by Gasteiger charge is 2.22. The lowest BCUT2D eigenvalue weighted by Gasteiger charge is -2.28. The quantitative estimate of drug-likeness (QED) is 0.628. The molecular formula is C11H20O. The third-order valence-corrected chi connectivity index (χ3v) is 2.80. The van der Waals surface area contributed by atoms with Crippen LogP contribution in [0.5, 0.6) is 0 Å². The van der Waals surface area contributed by atoms with Gasteiger partial charge in [0.25, 0.3) is 0 Å². The van der Waals surface area contributed by atoms with Crippen LogP contribution in [-0.4, -0.2) is 11.7 Å². The number of hydrogen-bond acceptors (Lipinski definition) is 1. The maximum Gasteiger partial charge on any atom is 0.0496 e. The van der Waals surface area contributed by atoms with E-state index in [9.17, 15) is 5.11 Å². The Labute approximate surface area is 75.5 Å². The second kappa shape index (κ2) is 4.08. The zero-order valence-electron chi connectivity index (χ0n) is 8.38. The van der Waals surface area contributed by atoms with E-state index >= 15 is 0 Å². The first-order valence-electron chi connectivity index (χ1n) is 4.96. The zero-order chi connectivity index (χ0) is 9.14. The number of aliphatic hydroxyl groups is 1. The van der Waals surface area contributed by atoms with Gasteiger partial charge in [-0.3, -0.25) is 0 Å². The Bertz CT molecular complexity index is 170. The first-order chi connectivity index (χ1) is 5.65. The molecule has 1 nitrogen and oxygen atoms in total. The Kier molecular flexibility index (Phi) is 3.33. The van der Waals surface area contributed by atoms with Crippen molar-refractivity contribution in [3.63, 3.8) is 0 Å². The molecule has 2 unspecified atom stereocenters. The molecule has 0 fully saturated rings. The molecule has 0 saturated heterocycles. The molecule has 0 aromatic rings. The maximum atomic E-state index is 9.19. The van der Waals surface area contributed by atoms with Crippen LogP contribution in [-0.2, 0) is 0 Å². The van der Waals surface area contributed by atoms with Crippen LogP contribution in [0.15, 0.2) is 11.6 Å². The third kappa shape index (κ3) is 2.10. The summed E-state index contributed by atoms with van der Waals surface area (Å²) < 4.78 is 0. The van der Waals surface area contributed by atoms with Gasteiger partial charge in [0.05, 0.1) is 0 Å². The second-order valence-corrected chi connectivity index (χ2v) is 4.31. The summed E-state index contributed by atoms with van der Waals surface area (Å²) in [6.45, 7) is 7.01. The lowest BCUT2D eigenvalue weighted by Crippen LogP contribution is -2.20. The van der Waals surface area contributed by atoms with Crippen LogP contribution < -0.4 is 0 Å². The lowest BCUT2D eigenvalue weighted by atomic mass is 9.78. The highest BCUT2D eigenvalue weighted by Crippen LogP contribution is 2.32. The van der Waals surface area contributed by atoms with Crippen molar-refractivity contribution in [1.29, 1.82) is 0 Å². The number of hydrogen-bond donors (Lipinski definition) is 1. The van der Waals surface area contributed by atoms with Gasteiger partial charge in [0.1, 0.15) is 0 Å². The smallest absolute Gasteiger partial charge is 0.0496 e. The van der Waals surface area contributed by atoms with Crippen LogP contribution in [0, 0.1) is 17.8 Å². The molecular weight excluding hydrogens is 148 g/mol. The molecule has 0 radical (unpaired) electrons. The van der Waals surface area contributed by atoms with Crippen molar-refractivity contribution in [3.8, 4) is 0 Å². The van der Waals surface area contributed by atoms with E-state index in [1.165, 1.54) is 18.4 Å². The molecule has 1 N–H and O–H groups in total. The van der Waals surface area contributed by atoms with Gasteiger partial charge in [-0.1, -0.05) is 32.4 Å². The standard InChI is InChI=1S/C11H20O/c1-8(2)11-5-4-9(3)6-10(11)7-12/h5,8-10,12H,4,6-7H2,1-3H3. The summed E-state index contributed by atoms with van der Waals surface area (Å²) in [6, 6.07) is 0. The van der Waals surface area contributed by atoms with E-state index in [1.807, 2.05) is 0 Å². The lowest BCUT2D eigenvalue weighted by molar-refractivity contribution is 0.211. The molecule has 70 valence electrons. The normalized spacial score (nSPS) is 30.6. The second-order valence-electron chi connectivity index (χ2n) is 4.31. The van der Waals surface area contributed by atoms with E-state index in [0.717, 1.165) is 5.92 Å². The molecule has 1 heteroatoms. The molecule has 0 heterocycles. The SMILES string of the molecule is CC1CC=C(C(C)C)C(CO)C1. The van der Waals surface area contributed by atoms with Gasteiger partial charge in [0.2, 0.25) is 0 Å². The first-order valence-corrected chi connectivity index (χ1v) is 4.96. The Morgan fingerprint density at radius 3 is 2.75 bits per heavy atom. The molecule has 0 aromatic heterocycles. The van der Waals surface area contributed by atoms with Crippen molar-refractivity contribution in [3.05, 3.63) is 11.6 Å². The van der Waals surface area contributed by atoms with Crippen LogP contribution in [0.4, 0.5) is 0 Å². The molecule has 0 amide bonds. The predicted octanol–water partition coefficient (Wildman–Crippen LogP) is 2.61. The Hall–Kier alpha value is -0.300. The van der Waals surface area contributed by atoms with Gasteiger partial charge in [0, 0.05) is 12.5 Å². The van der Waals surface area contributed by atoms with Gasteiger partial charge in [-0.15, -0.1) is 0 Å². The fourth-order valence-electron chi connectivity index (χ4n) is 2.11. The summed E-state index contributed by atoms with van der Waals surface area (Å²) in [5, 5.41) is 9.19. The number of rotatable bonds is 2. The molecule has 0 bridgehead atoms. The number of allylic oxidation sites excluding steroid dienone is 1. The molecule has 0 saturated carbocycles. The van der Waals surface area contributed by atoms with E-state index in [-0.39, 0.29) is 0 Å². The molecule has 1 rings (SSSR count). The van der Waals surface area contributed by atoms with E-state index in [0.29, 0.717) is 18.4 Å². The fraction of sp³-hybridized carbons (Fsp3) is 0.818. The van der Waals surface area contributed by atoms with E-state index < -0.39 is 0 Å². The summed E-state index contributed by atoms with van der Waals surface area (Å²) in [6.07, 6.45) is 4.70. The maximum absolute atomic E-state index is 9.19. The van der Waals surface area contributed by atoms with Gasteiger partial charge in [0.15, 0.2) is 0 Å². The van der Waals surface area contributed by atoms with Gasteiger partial charge in [-0.25, -0.2) is 0 Å². The average Bonchev–Trinajstić information content (AvgIpc) is 2.03. The summed E-state index contributed by atoms with van der Waals surface area (Å²) >= 11 is 0. The van der Waals surface area contributed by atoms with Crippen molar-refractivity contribution < 1.29 is 5.11 Å². The molecule has 1 aliphatic rings. The van der Waals surface area contributed by atoms with Crippen LogP contribution in [0.1, 0.15) is 33.6 Å². The zero-order valence-corrected chi connectivity index (χ0v) is 8.38. The van der Waals surface area contributed by atoms with Crippen molar-refractivity contribution in [1.82, 2.24) is 0 Å². The highest BCUT2D eigenvalue weighted by atomic mass is 16.3. The van der Waals surface area contributed by atoms with Crippen LogP contribution in [0.25, 0.3) is 0 Å². The Morgan fingerprint density at radius 2 is 2.25 bits per heavy atom. The van der Waals surface area contributed by atoms with E-state index in [4.69, 9.17) is 0 Å². The molecule has 0 spiro atoms. The molecule has 2 atom stereocenters. The third-order valence-electron chi connectivity index (χ3n) is 2.80. The van der Waals surface area contributed by atoms with E-state index in [1.54, 1.807) is 0 Å². The molecule has 0 aromatic carbocycles. The Balaban J connectivity index is 2.68. The first kappa shape index (κ1) is 9.79. The summed E-state index contributed by atoms with van der Waals surface area (Å²) in [7, 11) is 0. The minimum Gasteiger partial charge on any atom is -0.396 e. The molecule has 0 aliphatic heterocycles. The average molecular weight is 168 g/mol. The monoisotopic (exact) mass is 168 g/mol. The van der Waals surface area contributed by atoms with Crippen LogP contribution >= 0.6 is 0 Å². The predicted molar refractivity (Wildman–Crippen MR) is 51.9 cm³/mol. The van der Waals surface area contributed by atoms with Crippen molar-refractivity contribution in [2.75, 3.05) is 6.61 Å². The minimum atomic E-state index is 0.328. The van der Waals surface area contributed by atoms with Crippen molar-refractivity contribution in [2.45, 2.75) is 33.6 Å². The van der Waals surface area contributed by atoms with Crippen LogP contribution in [0.3, 0.4) is 0 Å². The minimum absolute atomic E-state index is 0.328. The summed E-state index contributed by atoms with van der Waals surface area (Å²) in [4.78, 5) is 0. The topological polar surface area (TPSA) is 20.2 Å².